The average molecular weight is 490 g/mol. The van der Waals surface area contributed by atoms with Crippen molar-refractivity contribution < 1.29 is 19.5 Å². The van der Waals surface area contributed by atoms with Crippen LogP contribution in [0.1, 0.15) is 49.0 Å². The van der Waals surface area contributed by atoms with Gasteiger partial charge in [-0.3, -0.25) is 4.79 Å². The van der Waals surface area contributed by atoms with Gasteiger partial charge in [0.1, 0.15) is 17.6 Å². The maximum absolute atomic E-state index is 10.7. The molecule has 188 valence electrons. The number of aliphatic carboxylic acids is 1. The number of fused-ring (bicyclic) bond motifs is 1. The topological polar surface area (TPSA) is 131 Å². The molecule has 0 radical (unpaired) electrons. The molecule has 2 fully saturated rings. The fourth-order valence-corrected chi connectivity index (χ4v) is 5.22. The zero-order chi connectivity index (χ0) is 25.2. The number of aromatic nitrogens is 3. The second-order valence-electron chi connectivity index (χ2n) is 9.69. The lowest BCUT2D eigenvalue weighted by molar-refractivity contribution is -0.137. The molecule has 1 aromatic carbocycles. The monoisotopic (exact) mass is 489 g/mol. The highest BCUT2D eigenvalue weighted by atomic mass is 16.5. The highest BCUT2D eigenvalue weighted by Crippen LogP contribution is 2.51. The minimum Gasteiger partial charge on any atom is -0.481 e. The maximum atomic E-state index is 10.7. The second kappa shape index (κ2) is 10.3. The first-order valence-electron chi connectivity index (χ1n) is 12.4. The molecule has 5 atom stereocenters. The van der Waals surface area contributed by atoms with Gasteiger partial charge < -0.3 is 29.9 Å². The highest BCUT2D eigenvalue weighted by molar-refractivity contribution is 5.66. The molecule has 1 aliphatic carbocycles. The molecule has 0 spiro atoms. The molecule has 0 unspecified atom stereocenters. The maximum Gasteiger partial charge on any atom is 0.303 e. The van der Waals surface area contributed by atoms with Crippen LogP contribution in [-0.4, -0.2) is 62.0 Å². The molecule has 4 N–H and O–H groups in total. The Bertz CT molecular complexity index is 1260. The molecule has 36 heavy (non-hydrogen) atoms. The van der Waals surface area contributed by atoms with Gasteiger partial charge in [0.25, 0.3) is 0 Å². The third-order valence-electron chi connectivity index (χ3n) is 7.19. The number of carboxylic acid groups (broad SMARTS) is 1. The number of rotatable bonds is 9. The first-order valence-corrected chi connectivity index (χ1v) is 12.4. The zero-order valence-corrected chi connectivity index (χ0v) is 20.2. The van der Waals surface area contributed by atoms with E-state index in [0.717, 1.165) is 30.8 Å². The lowest BCUT2D eigenvalue weighted by atomic mass is 10.1. The van der Waals surface area contributed by atoms with Crippen LogP contribution < -0.4 is 5.73 Å². The van der Waals surface area contributed by atoms with E-state index in [0.29, 0.717) is 48.0 Å². The minimum absolute atomic E-state index is 0.239. The minimum atomic E-state index is -0.724. The van der Waals surface area contributed by atoms with Crippen molar-refractivity contribution in [2.24, 2.45) is 23.5 Å². The summed E-state index contributed by atoms with van der Waals surface area (Å²) in [5.74, 6) is 8.88. The lowest BCUT2D eigenvalue weighted by Gasteiger charge is -2.17. The van der Waals surface area contributed by atoms with Gasteiger partial charge in [-0.15, -0.1) is 0 Å². The number of nitrogens with two attached hydrogens (primary N) is 1. The SMILES string of the molecule is C[C@H](O)c1nccn1[C@H](CN)c1cc(-c2ccc(C#C[C@H]3[C@H]4CN(CCCC(=O)O)C[C@@H]34)cc2)on1. The molecule has 1 aliphatic heterocycles. The fourth-order valence-electron chi connectivity index (χ4n) is 5.22. The number of piperidine rings is 1. The Morgan fingerprint density at radius 3 is 2.69 bits per heavy atom. The van der Waals surface area contributed by atoms with Crippen molar-refractivity contribution in [3.63, 3.8) is 0 Å². The Kier molecular flexibility index (Phi) is 6.92. The highest BCUT2D eigenvalue weighted by Gasteiger charge is 2.54. The summed E-state index contributed by atoms with van der Waals surface area (Å²) in [7, 11) is 0. The summed E-state index contributed by atoms with van der Waals surface area (Å²) in [5, 5.41) is 23.0. The van der Waals surface area contributed by atoms with Crippen LogP contribution in [0.5, 0.6) is 0 Å². The Morgan fingerprint density at radius 1 is 1.28 bits per heavy atom. The number of likely N-dealkylation sites (tertiary alicyclic amines) is 1. The summed E-state index contributed by atoms with van der Waals surface area (Å²) in [6.45, 7) is 4.87. The number of benzene rings is 1. The van der Waals surface area contributed by atoms with E-state index in [1.54, 1.807) is 19.3 Å². The number of carboxylic acids is 1. The molecule has 0 amide bonds. The summed E-state index contributed by atoms with van der Waals surface area (Å²) in [6, 6.07) is 9.51. The quantitative estimate of drug-likeness (QED) is 0.391. The van der Waals surface area contributed by atoms with Crippen molar-refractivity contribution in [3.05, 3.63) is 59.8 Å². The van der Waals surface area contributed by atoms with E-state index in [1.807, 2.05) is 34.9 Å². The molecular weight excluding hydrogens is 458 g/mol. The molecule has 3 heterocycles. The molecule has 0 bridgehead atoms. The number of imidazole rings is 1. The van der Waals surface area contributed by atoms with Crippen molar-refractivity contribution in [1.82, 2.24) is 19.6 Å². The second-order valence-corrected chi connectivity index (χ2v) is 9.69. The predicted octanol–water partition coefficient (Wildman–Crippen LogP) is 2.53. The number of carbonyl (C=O) groups is 1. The standard InChI is InChI=1S/C27H31N5O4/c1-17(33)27-29-10-12-32(27)24(14-28)23-13-25(36-30-23)19-7-4-18(5-8-19)6-9-20-21-15-31(16-22(20)21)11-2-3-26(34)35/h4-5,7-8,10,12-13,17,20-22,24,33H,2-3,11,14-16,28H2,1H3,(H,34,35)/t17-,20-,21+,22-,24+/m0/s1. The largest absolute Gasteiger partial charge is 0.481 e. The molecule has 5 rings (SSSR count). The van der Waals surface area contributed by atoms with Crippen LogP contribution in [0.3, 0.4) is 0 Å². The summed E-state index contributed by atoms with van der Waals surface area (Å²) >= 11 is 0. The van der Waals surface area contributed by atoms with Crippen molar-refractivity contribution in [3.8, 4) is 23.2 Å². The van der Waals surface area contributed by atoms with E-state index in [2.05, 4.69) is 26.9 Å². The summed E-state index contributed by atoms with van der Waals surface area (Å²) in [4.78, 5) is 17.3. The number of aliphatic hydroxyl groups is 1. The van der Waals surface area contributed by atoms with E-state index in [-0.39, 0.29) is 12.5 Å². The lowest BCUT2D eigenvalue weighted by Crippen LogP contribution is -2.25. The fraction of sp³-hybridized carbons (Fsp3) is 0.444. The molecule has 9 nitrogen and oxygen atoms in total. The Labute approximate surface area is 209 Å². The first-order chi connectivity index (χ1) is 17.4. The molecule has 2 aromatic heterocycles. The smallest absolute Gasteiger partial charge is 0.303 e. The average Bonchev–Trinajstić information content (AvgIpc) is 3.36. The van der Waals surface area contributed by atoms with Crippen molar-refractivity contribution in [2.45, 2.75) is 31.9 Å². The number of aliphatic hydroxyl groups excluding tert-OH is 1. The van der Waals surface area contributed by atoms with Crippen LogP contribution in [0, 0.1) is 29.6 Å². The first kappa shape index (κ1) is 24.3. The summed E-state index contributed by atoms with van der Waals surface area (Å²) in [6.07, 6.45) is 3.66. The van der Waals surface area contributed by atoms with Gasteiger partial charge in [0.15, 0.2) is 5.76 Å². The van der Waals surface area contributed by atoms with Crippen LogP contribution in [-0.2, 0) is 4.79 Å². The normalized spacial score (nSPS) is 22.5. The van der Waals surface area contributed by atoms with Crippen LogP contribution in [0.15, 0.2) is 47.2 Å². The van der Waals surface area contributed by atoms with E-state index in [9.17, 15) is 9.90 Å². The summed E-state index contributed by atoms with van der Waals surface area (Å²) < 4.78 is 7.43. The number of hydrogen-bond donors (Lipinski definition) is 3. The molecule has 2 aliphatic rings. The van der Waals surface area contributed by atoms with Crippen molar-refractivity contribution in [2.75, 3.05) is 26.2 Å². The third kappa shape index (κ3) is 5.07. The van der Waals surface area contributed by atoms with E-state index >= 15 is 0 Å². The Morgan fingerprint density at radius 2 is 2.03 bits per heavy atom. The van der Waals surface area contributed by atoms with E-state index < -0.39 is 12.1 Å². The molecular formula is C27H31N5O4. The van der Waals surface area contributed by atoms with Gasteiger partial charge in [-0.1, -0.05) is 17.0 Å². The Hall–Kier alpha value is -3.45. The van der Waals surface area contributed by atoms with Gasteiger partial charge in [0.2, 0.25) is 0 Å². The van der Waals surface area contributed by atoms with Crippen LogP contribution >= 0.6 is 0 Å². The zero-order valence-electron chi connectivity index (χ0n) is 20.2. The molecule has 9 heteroatoms. The van der Waals surface area contributed by atoms with Crippen LogP contribution in [0.25, 0.3) is 11.3 Å². The van der Waals surface area contributed by atoms with Gasteiger partial charge in [0.05, 0.1) is 6.04 Å². The van der Waals surface area contributed by atoms with Crippen LogP contribution in [0.2, 0.25) is 0 Å². The van der Waals surface area contributed by atoms with Crippen molar-refractivity contribution >= 4 is 5.97 Å². The Balaban J connectivity index is 1.18. The molecule has 3 aromatic rings. The van der Waals surface area contributed by atoms with E-state index in [4.69, 9.17) is 15.4 Å². The number of hydrogen-bond acceptors (Lipinski definition) is 7. The van der Waals surface area contributed by atoms with Crippen molar-refractivity contribution in [1.29, 1.82) is 0 Å². The van der Waals surface area contributed by atoms with Gasteiger partial charge in [-0.2, -0.15) is 0 Å². The van der Waals surface area contributed by atoms with Gasteiger partial charge in [-0.05, 0) is 56.0 Å². The summed E-state index contributed by atoms with van der Waals surface area (Å²) in [5.41, 5.74) is 8.55. The van der Waals surface area contributed by atoms with Gasteiger partial charge >= 0.3 is 5.97 Å². The molecule has 1 saturated carbocycles. The predicted molar refractivity (Wildman–Crippen MR) is 133 cm³/mol. The number of nitrogens with zero attached hydrogens (tertiary/aromatic N) is 4. The molecule has 1 saturated heterocycles. The van der Waals surface area contributed by atoms with E-state index in [1.165, 1.54) is 0 Å². The van der Waals surface area contributed by atoms with Crippen LogP contribution in [0.4, 0.5) is 0 Å². The van der Waals surface area contributed by atoms with Gasteiger partial charge in [0, 0.05) is 61.6 Å². The third-order valence-corrected chi connectivity index (χ3v) is 7.19. The van der Waals surface area contributed by atoms with Gasteiger partial charge in [-0.25, -0.2) is 4.98 Å².